The molecular formula is C17H22N4. The Balaban J connectivity index is 1.85. The molecule has 1 fully saturated rings. The lowest BCUT2D eigenvalue weighted by molar-refractivity contribution is 0.568. The highest BCUT2D eigenvalue weighted by atomic mass is 15.3. The van der Waals surface area contributed by atoms with Crippen molar-refractivity contribution in [2.75, 3.05) is 23.3 Å². The Morgan fingerprint density at radius 2 is 1.76 bits per heavy atom. The molecule has 2 heterocycles. The largest absolute Gasteiger partial charge is 0.341 e. The van der Waals surface area contributed by atoms with Crippen molar-refractivity contribution in [3.05, 3.63) is 41.6 Å². The van der Waals surface area contributed by atoms with Crippen molar-refractivity contribution in [3.63, 3.8) is 0 Å². The number of hydrogen-bond acceptors (Lipinski definition) is 4. The monoisotopic (exact) mass is 282 g/mol. The van der Waals surface area contributed by atoms with Gasteiger partial charge in [0.1, 0.15) is 5.82 Å². The van der Waals surface area contributed by atoms with E-state index in [9.17, 15) is 0 Å². The molecule has 1 aliphatic heterocycles. The third-order valence-electron chi connectivity index (χ3n) is 3.89. The summed E-state index contributed by atoms with van der Waals surface area (Å²) in [5.41, 5.74) is 3.31. The van der Waals surface area contributed by atoms with Crippen molar-refractivity contribution >= 4 is 17.5 Å². The molecule has 0 aliphatic carbocycles. The topological polar surface area (TPSA) is 41.1 Å². The first-order chi connectivity index (χ1) is 10.2. The normalized spacial score (nSPS) is 15.0. The molecule has 2 aromatic rings. The second-order valence-corrected chi connectivity index (χ2v) is 5.68. The fourth-order valence-corrected chi connectivity index (χ4v) is 2.70. The molecule has 4 heteroatoms. The van der Waals surface area contributed by atoms with Crippen molar-refractivity contribution in [2.24, 2.45) is 0 Å². The van der Waals surface area contributed by atoms with E-state index in [2.05, 4.69) is 34.3 Å². The van der Waals surface area contributed by atoms with E-state index in [0.717, 1.165) is 36.2 Å². The Labute approximate surface area is 126 Å². The van der Waals surface area contributed by atoms with E-state index in [0.29, 0.717) is 0 Å². The van der Waals surface area contributed by atoms with Gasteiger partial charge in [0.2, 0.25) is 5.95 Å². The van der Waals surface area contributed by atoms with Crippen molar-refractivity contribution in [1.82, 2.24) is 9.97 Å². The minimum Gasteiger partial charge on any atom is -0.341 e. The molecule has 4 nitrogen and oxygen atoms in total. The molecule has 1 saturated heterocycles. The lowest BCUT2D eigenvalue weighted by Gasteiger charge is -2.27. The van der Waals surface area contributed by atoms with Crippen LogP contribution in [0, 0.1) is 13.8 Å². The van der Waals surface area contributed by atoms with Gasteiger partial charge in [-0.1, -0.05) is 18.2 Å². The molecule has 1 aliphatic rings. The summed E-state index contributed by atoms with van der Waals surface area (Å²) in [7, 11) is 0. The summed E-state index contributed by atoms with van der Waals surface area (Å²) >= 11 is 0. The first-order valence-corrected chi connectivity index (χ1v) is 7.66. The Hall–Kier alpha value is -2.10. The molecule has 110 valence electrons. The molecule has 0 unspecified atom stereocenters. The van der Waals surface area contributed by atoms with Gasteiger partial charge in [-0.25, -0.2) is 4.98 Å². The van der Waals surface area contributed by atoms with Gasteiger partial charge in [0.25, 0.3) is 0 Å². The first-order valence-electron chi connectivity index (χ1n) is 7.66. The first kappa shape index (κ1) is 13.9. The third kappa shape index (κ3) is 3.32. The number of aryl methyl sites for hydroxylation is 2. The van der Waals surface area contributed by atoms with E-state index in [4.69, 9.17) is 4.98 Å². The Morgan fingerprint density at radius 1 is 1.00 bits per heavy atom. The van der Waals surface area contributed by atoms with Crippen LogP contribution in [0.2, 0.25) is 0 Å². The van der Waals surface area contributed by atoms with Gasteiger partial charge in [-0.2, -0.15) is 4.98 Å². The lowest BCUT2D eigenvalue weighted by Crippen LogP contribution is -2.31. The zero-order valence-corrected chi connectivity index (χ0v) is 12.8. The van der Waals surface area contributed by atoms with Crippen LogP contribution in [0.3, 0.4) is 0 Å². The van der Waals surface area contributed by atoms with Crippen LogP contribution >= 0.6 is 0 Å². The average Bonchev–Trinajstić information content (AvgIpc) is 2.50. The number of piperidine rings is 1. The van der Waals surface area contributed by atoms with E-state index < -0.39 is 0 Å². The van der Waals surface area contributed by atoms with Crippen molar-refractivity contribution in [1.29, 1.82) is 0 Å². The van der Waals surface area contributed by atoms with E-state index in [1.54, 1.807) is 0 Å². The van der Waals surface area contributed by atoms with Crippen LogP contribution < -0.4 is 10.2 Å². The molecule has 0 amide bonds. The lowest BCUT2D eigenvalue weighted by atomic mass is 10.1. The molecule has 21 heavy (non-hydrogen) atoms. The van der Waals surface area contributed by atoms with E-state index in [-0.39, 0.29) is 0 Å². The van der Waals surface area contributed by atoms with Crippen LogP contribution in [0.5, 0.6) is 0 Å². The summed E-state index contributed by atoms with van der Waals surface area (Å²) in [6, 6.07) is 10.3. The van der Waals surface area contributed by atoms with Gasteiger partial charge in [0.05, 0.1) is 0 Å². The SMILES string of the molecule is Cc1cc(Nc2ccccc2C)nc(N2CCCCC2)n1. The van der Waals surface area contributed by atoms with Crippen LogP contribution in [-0.2, 0) is 0 Å². The molecule has 1 aromatic heterocycles. The zero-order chi connectivity index (χ0) is 14.7. The predicted octanol–water partition coefficient (Wildman–Crippen LogP) is 3.83. The maximum absolute atomic E-state index is 4.70. The molecule has 0 bridgehead atoms. The number of benzene rings is 1. The number of aromatic nitrogens is 2. The van der Waals surface area contributed by atoms with Crippen LogP contribution in [0.1, 0.15) is 30.5 Å². The molecule has 0 radical (unpaired) electrons. The van der Waals surface area contributed by atoms with Gasteiger partial charge in [-0.15, -0.1) is 0 Å². The van der Waals surface area contributed by atoms with Gasteiger partial charge < -0.3 is 10.2 Å². The standard InChI is InChI=1S/C17H22N4/c1-13-8-4-5-9-15(13)19-16-12-14(2)18-17(20-16)21-10-6-3-7-11-21/h4-5,8-9,12H,3,6-7,10-11H2,1-2H3,(H,18,19,20). The van der Waals surface area contributed by atoms with Gasteiger partial charge >= 0.3 is 0 Å². The number of nitrogens with one attached hydrogen (secondary N) is 1. The molecular weight excluding hydrogens is 260 g/mol. The molecule has 3 rings (SSSR count). The minimum absolute atomic E-state index is 0.853. The smallest absolute Gasteiger partial charge is 0.227 e. The summed E-state index contributed by atoms with van der Waals surface area (Å²) in [5, 5.41) is 3.41. The van der Waals surface area contributed by atoms with Crippen LogP contribution in [0.4, 0.5) is 17.5 Å². The fourth-order valence-electron chi connectivity index (χ4n) is 2.70. The second-order valence-electron chi connectivity index (χ2n) is 5.68. The van der Waals surface area contributed by atoms with E-state index in [1.165, 1.54) is 24.8 Å². The van der Waals surface area contributed by atoms with Gasteiger partial charge in [0.15, 0.2) is 0 Å². The molecule has 0 atom stereocenters. The van der Waals surface area contributed by atoms with E-state index >= 15 is 0 Å². The highest BCUT2D eigenvalue weighted by molar-refractivity contribution is 5.61. The average molecular weight is 282 g/mol. The highest BCUT2D eigenvalue weighted by Gasteiger charge is 2.14. The molecule has 0 saturated carbocycles. The van der Waals surface area contributed by atoms with Gasteiger partial charge in [-0.3, -0.25) is 0 Å². The van der Waals surface area contributed by atoms with Crippen molar-refractivity contribution in [3.8, 4) is 0 Å². The zero-order valence-electron chi connectivity index (χ0n) is 12.8. The van der Waals surface area contributed by atoms with Gasteiger partial charge in [0, 0.05) is 30.5 Å². The Bertz CT molecular complexity index is 618. The molecule has 0 spiro atoms. The number of para-hydroxylation sites is 1. The van der Waals surface area contributed by atoms with Crippen molar-refractivity contribution in [2.45, 2.75) is 33.1 Å². The molecule has 1 aromatic carbocycles. The Morgan fingerprint density at radius 3 is 2.52 bits per heavy atom. The maximum Gasteiger partial charge on any atom is 0.227 e. The van der Waals surface area contributed by atoms with Crippen LogP contribution in [-0.4, -0.2) is 23.1 Å². The highest BCUT2D eigenvalue weighted by Crippen LogP contribution is 2.22. The predicted molar refractivity (Wildman–Crippen MR) is 87.3 cm³/mol. The number of hydrogen-bond donors (Lipinski definition) is 1. The number of anilines is 3. The summed E-state index contributed by atoms with van der Waals surface area (Å²) in [5.74, 6) is 1.73. The van der Waals surface area contributed by atoms with Crippen molar-refractivity contribution < 1.29 is 0 Å². The number of nitrogens with zero attached hydrogens (tertiary/aromatic N) is 3. The summed E-state index contributed by atoms with van der Waals surface area (Å²) < 4.78 is 0. The third-order valence-corrected chi connectivity index (χ3v) is 3.89. The van der Waals surface area contributed by atoms with E-state index in [1.807, 2.05) is 25.1 Å². The quantitative estimate of drug-likeness (QED) is 0.929. The fraction of sp³-hybridized carbons (Fsp3) is 0.412. The van der Waals surface area contributed by atoms with Crippen LogP contribution in [0.15, 0.2) is 30.3 Å². The number of rotatable bonds is 3. The van der Waals surface area contributed by atoms with Crippen LogP contribution in [0.25, 0.3) is 0 Å². The Kier molecular flexibility index (Phi) is 4.04. The van der Waals surface area contributed by atoms with Gasteiger partial charge in [-0.05, 0) is 44.7 Å². The summed E-state index contributed by atoms with van der Waals surface area (Å²) in [6.07, 6.45) is 3.78. The maximum atomic E-state index is 4.70. The summed E-state index contributed by atoms with van der Waals surface area (Å²) in [4.78, 5) is 11.6. The summed E-state index contributed by atoms with van der Waals surface area (Å²) in [6.45, 7) is 6.25. The molecule has 1 N–H and O–H groups in total. The second kappa shape index (κ2) is 6.12. The minimum atomic E-state index is 0.853.